The van der Waals surface area contributed by atoms with E-state index in [2.05, 4.69) is 51.4 Å². The van der Waals surface area contributed by atoms with E-state index in [1.54, 1.807) is 0 Å². The van der Waals surface area contributed by atoms with Gasteiger partial charge >= 0.3 is 5.97 Å². The number of benzene rings is 1. The molecule has 22 heavy (non-hydrogen) atoms. The Kier molecular flexibility index (Phi) is 4.64. The first-order valence-electron chi connectivity index (χ1n) is 8.19. The molecule has 0 aliphatic rings. The summed E-state index contributed by atoms with van der Waals surface area (Å²) in [4.78, 5) is 11.8. The van der Waals surface area contributed by atoms with Crippen molar-refractivity contribution in [2.24, 2.45) is 0 Å². The van der Waals surface area contributed by atoms with Crippen molar-refractivity contribution in [3.8, 4) is 0 Å². The molecule has 0 saturated heterocycles. The highest BCUT2D eigenvalue weighted by Crippen LogP contribution is 2.32. The zero-order valence-electron chi connectivity index (χ0n) is 14.4. The maximum absolute atomic E-state index is 11.8. The first-order valence-corrected chi connectivity index (χ1v) is 8.19. The molecule has 1 aromatic heterocycles. The SMILES string of the molecule is CCCc1cn(CCC)c2c(C(=O)O)cc(C(C)(C)C)cc12. The van der Waals surface area contributed by atoms with E-state index < -0.39 is 5.97 Å². The van der Waals surface area contributed by atoms with E-state index in [0.29, 0.717) is 5.56 Å². The third-order valence-electron chi connectivity index (χ3n) is 4.14. The topological polar surface area (TPSA) is 42.2 Å². The number of carboxylic acids is 1. The Bertz CT molecular complexity index is 690. The molecule has 120 valence electrons. The number of aromatic carboxylic acids is 1. The summed E-state index contributed by atoms with van der Waals surface area (Å²) < 4.78 is 2.12. The van der Waals surface area contributed by atoms with Crippen LogP contribution in [-0.4, -0.2) is 15.6 Å². The number of aryl methyl sites for hydroxylation is 2. The first kappa shape index (κ1) is 16.6. The number of fused-ring (bicyclic) bond motifs is 1. The Morgan fingerprint density at radius 1 is 1.18 bits per heavy atom. The van der Waals surface area contributed by atoms with Crippen LogP contribution >= 0.6 is 0 Å². The fraction of sp³-hybridized carbons (Fsp3) is 0.526. The van der Waals surface area contributed by atoms with Gasteiger partial charge in [0.1, 0.15) is 0 Å². The lowest BCUT2D eigenvalue weighted by atomic mass is 9.84. The molecule has 0 atom stereocenters. The Morgan fingerprint density at radius 3 is 2.36 bits per heavy atom. The van der Waals surface area contributed by atoms with Crippen LogP contribution in [0.5, 0.6) is 0 Å². The summed E-state index contributed by atoms with van der Waals surface area (Å²) in [6, 6.07) is 4.05. The van der Waals surface area contributed by atoms with Gasteiger partial charge in [0.05, 0.1) is 11.1 Å². The van der Waals surface area contributed by atoms with Gasteiger partial charge in [-0.3, -0.25) is 0 Å². The largest absolute Gasteiger partial charge is 0.478 e. The highest BCUT2D eigenvalue weighted by molar-refractivity contribution is 6.04. The van der Waals surface area contributed by atoms with Crippen LogP contribution in [0.3, 0.4) is 0 Å². The lowest BCUT2D eigenvalue weighted by molar-refractivity contribution is 0.0698. The van der Waals surface area contributed by atoms with Gasteiger partial charge in [-0.1, -0.05) is 41.0 Å². The zero-order valence-corrected chi connectivity index (χ0v) is 14.4. The Hall–Kier alpha value is -1.77. The number of hydrogen-bond donors (Lipinski definition) is 1. The van der Waals surface area contributed by atoms with Gasteiger partial charge in [-0.15, -0.1) is 0 Å². The molecule has 0 spiro atoms. The molecule has 0 aliphatic carbocycles. The van der Waals surface area contributed by atoms with Gasteiger partial charge in [-0.05, 0) is 41.5 Å². The summed E-state index contributed by atoms with van der Waals surface area (Å²) in [5, 5.41) is 10.8. The van der Waals surface area contributed by atoms with E-state index in [1.165, 1.54) is 5.56 Å². The van der Waals surface area contributed by atoms with E-state index in [9.17, 15) is 9.90 Å². The summed E-state index contributed by atoms with van der Waals surface area (Å²) >= 11 is 0. The van der Waals surface area contributed by atoms with Crippen molar-refractivity contribution in [2.75, 3.05) is 0 Å². The van der Waals surface area contributed by atoms with Gasteiger partial charge in [0.2, 0.25) is 0 Å². The molecule has 1 aromatic carbocycles. The number of nitrogens with zero attached hydrogens (tertiary/aromatic N) is 1. The first-order chi connectivity index (χ1) is 10.3. The zero-order chi connectivity index (χ0) is 16.5. The smallest absolute Gasteiger partial charge is 0.337 e. The number of carbonyl (C=O) groups is 1. The second-order valence-electron chi connectivity index (χ2n) is 7.07. The molecular formula is C19H27NO2. The van der Waals surface area contributed by atoms with E-state index in [4.69, 9.17) is 0 Å². The van der Waals surface area contributed by atoms with Gasteiger partial charge in [0, 0.05) is 18.1 Å². The minimum atomic E-state index is -0.838. The predicted molar refractivity (Wildman–Crippen MR) is 91.9 cm³/mol. The third-order valence-corrected chi connectivity index (χ3v) is 4.14. The number of hydrogen-bond acceptors (Lipinski definition) is 1. The molecule has 0 saturated carbocycles. The second kappa shape index (κ2) is 6.15. The lowest BCUT2D eigenvalue weighted by Crippen LogP contribution is -2.13. The van der Waals surface area contributed by atoms with Crippen molar-refractivity contribution in [1.82, 2.24) is 4.57 Å². The van der Waals surface area contributed by atoms with Gasteiger partial charge in [-0.2, -0.15) is 0 Å². The maximum atomic E-state index is 11.8. The number of aromatic nitrogens is 1. The highest BCUT2D eigenvalue weighted by atomic mass is 16.4. The van der Waals surface area contributed by atoms with E-state index in [0.717, 1.165) is 42.3 Å². The van der Waals surface area contributed by atoms with Crippen LogP contribution in [-0.2, 0) is 18.4 Å². The second-order valence-corrected chi connectivity index (χ2v) is 7.07. The molecular weight excluding hydrogens is 274 g/mol. The molecule has 2 aromatic rings. The van der Waals surface area contributed by atoms with Crippen LogP contribution in [0, 0.1) is 0 Å². The summed E-state index contributed by atoms with van der Waals surface area (Å²) in [7, 11) is 0. The molecule has 2 rings (SSSR count). The van der Waals surface area contributed by atoms with Crippen LogP contribution in [0.1, 0.15) is 68.9 Å². The average Bonchev–Trinajstić information content (AvgIpc) is 2.76. The molecule has 1 heterocycles. The fourth-order valence-electron chi connectivity index (χ4n) is 2.99. The highest BCUT2D eigenvalue weighted by Gasteiger charge is 2.22. The van der Waals surface area contributed by atoms with Crippen LogP contribution in [0.4, 0.5) is 0 Å². The number of rotatable bonds is 5. The van der Waals surface area contributed by atoms with Crippen LogP contribution in [0.2, 0.25) is 0 Å². The Labute approximate surface area is 133 Å². The predicted octanol–water partition coefficient (Wildman–Crippen LogP) is 5.00. The molecule has 0 radical (unpaired) electrons. The molecule has 1 N–H and O–H groups in total. The van der Waals surface area contributed by atoms with Crippen molar-refractivity contribution in [3.05, 3.63) is 35.0 Å². The average molecular weight is 301 g/mol. The molecule has 0 bridgehead atoms. The van der Waals surface area contributed by atoms with Gasteiger partial charge in [0.15, 0.2) is 0 Å². The van der Waals surface area contributed by atoms with E-state index in [1.807, 2.05) is 6.07 Å². The standard InChI is InChI=1S/C19H27NO2/c1-6-8-13-12-20(9-7-2)17-15(13)10-14(19(3,4)5)11-16(17)18(21)22/h10-12H,6-9H2,1-5H3,(H,21,22). The normalized spacial score (nSPS) is 12.0. The monoisotopic (exact) mass is 301 g/mol. The quantitative estimate of drug-likeness (QED) is 0.844. The molecule has 3 nitrogen and oxygen atoms in total. The summed E-state index contributed by atoms with van der Waals surface area (Å²) in [5.74, 6) is -0.838. The van der Waals surface area contributed by atoms with Gasteiger partial charge < -0.3 is 9.67 Å². The van der Waals surface area contributed by atoms with Crippen LogP contribution in [0.25, 0.3) is 10.9 Å². The summed E-state index contributed by atoms with van der Waals surface area (Å²) in [6.07, 6.45) is 5.19. The Morgan fingerprint density at radius 2 is 1.86 bits per heavy atom. The van der Waals surface area contributed by atoms with Crippen LogP contribution in [0.15, 0.2) is 18.3 Å². The molecule has 3 heteroatoms. The van der Waals surface area contributed by atoms with Crippen LogP contribution < -0.4 is 0 Å². The minimum Gasteiger partial charge on any atom is -0.478 e. The molecule has 0 unspecified atom stereocenters. The van der Waals surface area contributed by atoms with Crippen molar-refractivity contribution in [2.45, 2.75) is 65.8 Å². The van der Waals surface area contributed by atoms with Crippen molar-refractivity contribution in [3.63, 3.8) is 0 Å². The van der Waals surface area contributed by atoms with Crippen molar-refractivity contribution in [1.29, 1.82) is 0 Å². The van der Waals surface area contributed by atoms with Crippen molar-refractivity contribution >= 4 is 16.9 Å². The van der Waals surface area contributed by atoms with Gasteiger partial charge in [0.25, 0.3) is 0 Å². The fourth-order valence-corrected chi connectivity index (χ4v) is 2.99. The van der Waals surface area contributed by atoms with Gasteiger partial charge in [-0.25, -0.2) is 4.79 Å². The van der Waals surface area contributed by atoms with Crippen molar-refractivity contribution < 1.29 is 9.90 Å². The number of carboxylic acid groups (broad SMARTS) is 1. The Balaban J connectivity index is 2.83. The molecule has 0 fully saturated rings. The molecule has 0 aliphatic heterocycles. The van der Waals surface area contributed by atoms with E-state index >= 15 is 0 Å². The molecule has 0 amide bonds. The lowest BCUT2D eigenvalue weighted by Gasteiger charge is -2.20. The minimum absolute atomic E-state index is 0.0608. The summed E-state index contributed by atoms with van der Waals surface area (Å²) in [5.41, 5.74) is 3.60. The maximum Gasteiger partial charge on any atom is 0.337 e. The third kappa shape index (κ3) is 3.03. The summed E-state index contributed by atoms with van der Waals surface area (Å²) in [6.45, 7) is 11.5. The van der Waals surface area contributed by atoms with E-state index in [-0.39, 0.29) is 5.41 Å².